The van der Waals surface area contributed by atoms with Crippen molar-refractivity contribution in [3.8, 4) is 0 Å². The van der Waals surface area contributed by atoms with E-state index in [1.54, 1.807) is 0 Å². The first-order valence-corrected chi connectivity index (χ1v) is 9.91. The summed E-state index contributed by atoms with van der Waals surface area (Å²) in [6.07, 6.45) is 11.0. The van der Waals surface area contributed by atoms with Crippen LogP contribution in [0.15, 0.2) is 0 Å². The minimum absolute atomic E-state index is 0.191. The molecular formula is C19H30N4O. The highest BCUT2D eigenvalue weighted by Gasteiger charge is 2.32. The van der Waals surface area contributed by atoms with Crippen LogP contribution >= 0.6 is 0 Å². The highest BCUT2D eigenvalue weighted by Crippen LogP contribution is 2.38. The van der Waals surface area contributed by atoms with Crippen LogP contribution in [-0.4, -0.2) is 39.1 Å². The number of nitrogens with one attached hydrogen (secondary N) is 1. The van der Waals surface area contributed by atoms with Crippen LogP contribution < -0.4 is 0 Å². The maximum absolute atomic E-state index is 12.7. The molecule has 0 bridgehead atoms. The normalized spacial score (nSPS) is 24.5. The van der Waals surface area contributed by atoms with Crippen molar-refractivity contribution in [1.82, 2.24) is 20.1 Å². The third kappa shape index (κ3) is 3.50. The highest BCUT2D eigenvalue weighted by atomic mass is 16.2. The summed E-state index contributed by atoms with van der Waals surface area (Å²) < 4.78 is 0. The summed E-state index contributed by atoms with van der Waals surface area (Å²) in [5.74, 6) is 4.45. The number of aromatic amines is 1. The number of aromatic nitrogens is 3. The zero-order chi connectivity index (χ0) is 16.5. The van der Waals surface area contributed by atoms with Crippen molar-refractivity contribution in [2.24, 2.45) is 11.8 Å². The van der Waals surface area contributed by atoms with Gasteiger partial charge in [0.1, 0.15) is 5.82 Å². The van der Waals surface area contributed by atoms with E-state index in [2.05, 4.69) is 22.0 Å². The molecule has 2 saturated carbocycles. The predicted octanol–water partition coefficient (Wildman–Crippen LogP) is 3.60. The Morgan fingerprint density at radius 2 is 1.83 bits per heavy atom. The third-order valence-corrected chi connectivity index (χ3v) is 6.24. The Bertz CT molecular complexity index is 566. The van der Waals surface area contributed by atoms with E-state index in [1.807, 2.05) is 0 Å². The first kappa shape index (κ1) is 16.1. The number of hydrogen-bond donors (Lipinski definition) is 1. The van der Waals surface area contributed by atoms with Gasteiger partial charge in [0.05, 0.1) is 0 Å². The summed E-state index contributed by atoms with van der Waals surface area (Å²) in [4.78, 5) is 19.5. The molecule has 3 fully saturated rings. The van der Waals surface area contributed by atoms with Gasteiger partial charge in [0, 0.05) is 30.8 Å². The van der Waals surface area contributed by atoms with E-state index in [0.717, 1.165) is 49.9 Å². The predicted molar refractivity (Wildman–Crippen MR) is 92.7 cm³/mol. The zero-order valence-electron chi connectivity index (χ0n) is 14.8. The minimum Gasteiger partial charge on any atom is -0.342 e. The van der Waals surface area contributed by atoms with Crippen LogP contribution in [0.5, 0.6) is 0 Å². The molecule has 1 aliphatic heterocycles. The van der Waals surface area contributed by atoms with Crippen molar-refractivity contribution < 1.29 is 4.79 Å². The van der Waals surface area contributed by atoms with Crippen molar-refractivity contribution >= 4 is 5.91 Å². The lowest BCUT2D eigenvalue weighted by molar-refractivity contribution is -0.136. The van der Waals surface area contributed by atoms with E-state index in [1.165, 1.54) is 38.5 Å². The summed E-state index contributed by atoms with van der Waals surface area (Å²) in [7, 11) is 0. The molecule has 5 heteroatoms. The number of nitrogens with zero attached hydrogens (tertiary/aromatic N) is 3. The quantitative estimate of drug-likeness (QED) is 0.897. The number of rotatable bonds is 5. The molecule has 0 unspecified atom stereocenters. The van der Waals surface area contributed by atoms with Gasteiger partial charge in [-0.25, -0.2) is 4.98 Å². The molecule has 5 nitrogen and oxygen atoms in total. The molecule has 1 amide bonds. The van der Waals surface area contributed by atoms with Gasteiger partial charge in [0.2, 0.25) is 5.91 Å². The fraction of sp³-hybridized carbons (Fsp3) is 0.842. The molecule has 1 saturated heterocycles. The molecule has 2 heterocycles. The number of carbonyl (C=O) groups is 1. The van der Waals surface area contributed by atoms with Crippen molar-refractivity contribution in [2.45, 2.75) is 76.5 Å². The number of amides is 1. The molecule has 132 valence electrons. The van der Waals surface area contributed by atoms with Crippen LogP contribution in [0, 0.1) is 11.8 Å². The van der Waals surface area contributed by atoms with Crippen LogP contribution in [-0.2, 0) is 4.79 Å². The Balaban J connectivity index is 1.27. The smallest absolute Gasteiger partial charge is 0.225 e. The second-order valence-corrected chi connectivity index (χ2v) is 8.24. The second-order valence-electron chi connectivity index (χ2n) is 8.24. The van der Waals surface area contributed by atoms with Crippen LogP contribution in [0.4, 0.5) is 0 Å². The summed E-state index contributed by atoms with van der Waals surface area (Å²) >= 11 is 0. The lowest BCUT2D eigenvalue weighted by Crippen LogP contribution is -2.41. The topological polar surface area (TPSA) is 61.9 Å². The number of carbonyl (C=O) groups excluding carboxylic acids is 1. The fourth-order valence-electron chi connectivity index (χ4n) is 4.53. The summed E-state index contributed by atoms with van der Waals surface area (Å²) in [5.41, 5.74) is 0. The molecule has 24 heavy (non-hydrogen) atoms. The van der Waals surface area contributed by atoms with E-state index in [4.69, 9.17) is 4.98 Å². The molecule has 3 aliphatic rings. The minimum atomic E-state index is 0.191. The van der Waals surface area contributed by atoms with E-state index in [0.29, 0.717) is 17.7 Å². The first-order chi connectivity index (χ1) is 11.7. The number of H-pyrrole nitrogens is 1. The van der Waals surface area contributed by atoms with Gasteiger partial charge in [0.15, 0.2) is 5.82 Å². The maximum atomic E-state index is 12.7. The summed E-state index contributed by atoms with van der Waals surface area (Å²) in [5, 5.41) is 7.52. The first-order valence-electron chi connectivity index (χ1n) is 9.91. The molecule has 0 spiro atoms. The van der Waals surface area contributed by atoms with Gasteiger partial charge in [-0.3, -0.25) is 9.89 Å². The van der Waals surface area contributed by atoms with Crippen LogP contribution in [0.25, 0.3) is 0 Å². The molecular weight excluding hydrogens is 300 g/mol. The lowest BCUT2D eigenvalue weighted by atomic mass is 9.91. The van der Waals surface area contributed by atoms with Crippen molar-refractivity contribution in [2.75, 3.05) is 13.1 Å². The summed E-state index contributed by atoms with van der Waals surface area (Å²) in [6, 6.07) is 0. The average Bonchev–Trinajstić information content (AvgIpc) is 3.11. The summed E-state index contributed by atoms with van der Waals surface area (Å²) in [6.45, 7) is 3.88. The molecule has 1 aromatic heterocycles. The Labute approximate surface area is 144 Å². The van der Waals surface area contributed by atoms with Gasteiger partial charge < -0.3 is 4.90 Å². The number of likely N-dealkylation sites (tertiary alicyclic amines) is 1. The number of piperidine rings is 1. The van der Waals surface area contributed by atoms with Crippen LogP contribution in [0.2, 0.25) is 0 Å². The van der Waals surface area contributed by atoms with E-state index in [9.17, 15) is 4.79 Å². The van der Waals surface area contributed by atoms with Crippen molar-refractivity contribution in [1.29, 1.82) is 0 Å². The Morgan fingerprint density at radius 3 is 2.50 bits per heavy atom. The highest BCUT2D eigenvalue weighted by molar-refractivity contribution is 5.78. The zero-order valence-corrected chi connectivity index (χ0v) is 14.8. The Kier molecular flexibility index (Phi) is 4.59. The maximum Gasteiger partial charge on any atom is 0.225 e. The Morgan fingerprint density at radius 1 is 1.12 bits per heavy atom. The molecule has 0 radical (unpaired) electrons. The van der Waals surface area contributed by atoms with Gasteiger partial charge in [-0.1, -0.05) is 32.6 Å². The molecule has 2 aliphatic carbocycles. The van der Waals surface area contributed by atoms with E-state index < -0.39 is 0 Å². The third-order valence-electron chi connectivity index (χ3n) is 6.24. The van der Waals surface area contributed by atoms with Crippen molar-refractivity contribution in [3.05, 3.63) is 11.6 Å². The second kappa shape index (κ2) is 6.85. The molecule has 1 atom stereocenters. The average molecular weight is 330 g/mol. The number of hydrogen-bond acceptors (Lipinski definition) is 3. The van der Waals surface area contributed by atoms with Gasteiger partial charge in [-0.2, -0.15) is 5.10 Å². The fourth-order valence-corrected chi connectivity index (χ4v) is 4.53. The Hall–Kier alpha value is -1.39. The van der Waals surface area contributed by atoms with Crippen LogP contribution in [0.1, 0.15) is 88.2 Å². The van der Waals surface area contributed by atoms with Crippen LogP contribution in [0.3, 0.4) is 0 Å². The molecule has 4 rings (SSSR count). The molecule has 0 aromatic carbocycles. The van der Waals surface area contributed by atoms with E-state index in [-0.39, 0.29) is 5.92 Å². The van der Waals surface area contributed by atoms with Gasteiger partial charge in [-0.15, -0.1) is 0 Å². The monoisotopic (exact) mass is 330 g/mol. The van der Waals surface area contributed by atoms with E-state index >= 15 is 0 Å². The molecule has 1 N–H and O–H groups in total. The van der Waals surface area contributed by atoms with Gasteiger partial charge in [0.25, 0.3) is 0 Å². The van der Waals surface area contributed by atoms with Gasteiger partial charge in [-0.05, 0) is 38.0 Å². The van der Waals surface area contributed by atoms with Gasteiger partial charge >= 0.3 is 0 Å². The van der Waals surface area contributed by atoms with Crippen molar-refractivity contribution in [3.63, 3.8) is 0 Å². The largest absolute Gasteiger partial charge is 0.342 e. The SMILES string of the molecule is C[C@H](CC1CCCC1)C(=O)N1CCC(c2nc(C3CC3)n[nH]2)CC1. The lowest BCUT2D eigenvalue weighted by Gasteiger charge is -2.33. The molecule has 1 aromatic rings. The standard InChI is InChI=1S/C19H30N4O/c1-13(12-14-4-2-3-5-14)19(24)23-10-8-16(9-11-23)18-20-17(21-22-18)15-6-7-15/h13-16H,2-12H2,1H3,(H,20,21,22)/t13-/m1/s1.